The van der Waals surface area contributed by atoms with Crippen LogP contribution in [0.5, 0.6) is 0 Å². The molecule has 66 valence electrons. The van der Waals surface area contributed by atoms with E-state index in [1.165, 1.54) is 6.42 Å². The molecule has 2 fully saturated rings. The van der Waals surface area contributed by atoms with Gasteiger partial charge in [-0.05, 0) is 25.8 Å². The monoisotopic (exact) mass is 179 g/mol. The largest absolute Gasteiger partial charge is 0.314 e. The molecule has 0 aromatic rings. The summed E-state index contributed by atoms with van der Waals surface area (Å²) >= 11 is 0. The number of piperidine rings is 1. The molecule has 0 amide bonds. The first-order chi connectivity index (χ1) is 4.83. The second kappa shape index (κ2) is 3.28. The van der Waals surface area contributed by atoms with Crippen molar-refractivity contribution in [1.82, 2.24) is 5.32 Å². The van der Waals surface area contributed by atoms with Crippen LogP contribution in [0.25, 0.3) is 0 Å². The van der Waals surface area contributed by atoms with E-state index in [0.717, 1.165) is 25.8 Å². The second-order valence-electron chi connectivity index (χ2n) is 3.64. The molecule has 1 saturated heterocycles. The lowest BCUT2D eigenvalue weighted by atomic mass is 9.62. The number of rotatable bonds is 0. The van der Waals surface area contributed by atoms with Gasteiger partial charge in [0, 0.05) is 12.0 Å². The van der Waals surface area contributed by atoms with Gasteiger partial charge in [0.2, 0.25) is 0 Å². The molecule has 0 aromatic heterocycles. The molecule has 1 saturated carbocycles. The Kier molecular flexibility index (Phi) is 2.76. The molecule has 1 spiro atoms. The smallest absolute Gasteiger partial charge is 0.118 e. The van der Waals surface area contributed by atoms with Crippen LogP contribution in [0.15, 0.2) is 0 Å². The molecule has 3 heteroatoms. The first-order valence-corrected chi connectivity index (χ1v) is 4.18. The predicted molar refractivity (Wildman–Crippen MR) is 45.9 cm³/mol. The number of hydrogen-bond acceptors (Lipinski definition) is 1. The molecule has 1 aliphatic carbocycles. The summed E-state index contributed by atoms with van der Waals surface area (Å²) in [6, 6.07) is 0. The Morgan fingerprint density at radius 1 is 1.27 bits per heavy atom. The lowest BCUT2D eigenvalue weighted by molar-refractivity contribution is -0.00574. The molecular weight excluding hydrogens is 165 g/mol. The summed E-state index contributed by atoms with van der Waals surface area (Å²) in [4.78, 5) is 0. The van der Waals surface area contributed by atoms with Gasteiger partial charge in [0.1, 0.15) is 6.17 Å². The van der Waals surface area contributed by atoms with E-state index < -0.39 is 6.17 Å². The Morgan fingerprint density at radius 3 is 2.36 bits per heavy atom. The lowest BCUT2D eigenvalue weighted by Gasteiger charge is -2.47. The number of nitrogens with one attached hydrogen (secondary N) is 1. The SMILES string of the molecule is Cl.FC1CNCCC12CCC2. The van der Waals surface area contributed by atoms with Gasteiger partial charge in [-0.15, -0.1) is 12.4 Å². The van der Waals surface area contributed by atoms with Gasteiger partial charge in [-0.2, -0.15) is 0 Å². The molecule has 0 aromatic carbocycles. The highest BCUT2D eigenvalue weighted by Gasteiger charge is 2.45. The van der Waals surface area contributed by atoms with Crippen molar-refractivity contribution < 1.29 is 4.39 Å². The van der Waals surface area contributed by atoms with E-state index in [2.05, 4.69) is 5.32 Å². The van der Waals surface area contributed by atoms with E-state index >= 15 is 0 Å². The molecule has 1 heterocycles. The zero-order valence-electron chi connectivity index (χ0n) is 6.61. The van der Waals surface area contributed by atoms with Crippen molar-refractivity contribution in [3.8, 4) is 0 Å². The Balaban J connectivity index is 0.000000605. The van der Waals surface area contributed by atoms with Crippen LogP contribution in [-0.2, 0) is 0 Å². The van der Waals surface area contributed by atoms with Crippen molar-refractivity contribution in [3.63, 3.8) is 0 Å². The van der Waals surface area contributed by atoms with E-state index in [1.807, 2.05) is 0 Å². The van der Waals surface area contributed by atoms with Crippen LogP contribution in [0.1, 0.15) is 25.7 Å². The molecule has 2 rings (SSSR count). The van der Waals surface area contributed by atoms with E-state index in [9.17, 15) is 4.39 Å². The molecule has 2 aliphatic rings. The highest BCUT2D eigenvalue weighted by molar-refractivity contribution is 5.85. The molecule has 1 unspecified atom stereocenters. The summed E-state index contributed by atoms with van der Waals surface area (Å²) in [6.07, 6.45) is 4.02. The third-order valence-corrected chi connectivity index (χ3v) is 3.14. The maximum atomic E-state index is 13.2. The van der Waals surface area contributed by atoms with Gasteiger partial charge in [0.15, 0.2) is 0 Å². The third-order valence-electron chi connectivity index (χ3n) is 3.14. The zero-order chi connectivity index (χ0) is 7.03. The normalized spacial score (nSPS) is 34.1. The van der Waals surface area contributed by atoms with Crippen molar-refractivity contribution in [2.24, 2.45) is 5.41 Å². The van der Waals surface area contributed by atoms with Crippen molar-refractivity contribution in [2.45, 2.75) is 31.9 Å². The van der Waals surface area contributed by atoms with Gasteiger partial charge < -0.3 is 5.32 Å². The Hall–Kier alpha value is 0.180. The van der Waals surface area contributed by atoms with Crippen LogP contribution in [0.2, 0.25) is 0 Å². The predicted octanol–water partition coefficient (Wildman–Crippen LogP) is 1.91. The first-order valence-electron chi connectivity index (χ1n) is 4.18. The van der Waals surface area contributed by atoms with E-state index in [-0.39, 0.29) is 17.8 Å². The molecule has 11 heavy (non-hydrogen) atoms. The maximum Gasteiger partial charge on any atom is 0.118 e. The lowest BCUT2D eigenvalue weighted by Crippen LogP contribution is -2.50. The Labute approximate surface area is 73.2 Å². The van der Waals surface area contributed by atoms with Crippen LogP contribution >= 0.6 is 12.4 Å². The van der Waals surface area contributed by atoms with Crippen molar-refractivity contribution in [2.75, 3.05) is 13.1 Å². The van der Waals surface area contributed by atoms with Gasteiger partial charge in [-0.25, -0.2) is 4.39 Å². The minimum atomic E-state index is -0.560. The topological polar surface area (TPSA) is 12.0 Å². The van der Waals surface area contributed by atoms with Crippen LogP contribution in [0.3, 0.4) is 0 Å². The zero-order valence-corrected chi connectivity index (χ0v) is 7.42. The molecule has 1 atom stereocenters. The van der Waals surface area contributed by atoms with Gasteiger partial charge in [0.25, 0.3) is 0 Å². The van der Waals surface area contributed by atoms with Gasteiger partial charge in [0.05, 0.1) is 0 Å². The summed E-state index contributed by atoms with van der Waals surface area (Å²) in [7, 11) is 0. The average molecular weight is 180 g/mol. The molecule has 1 aliphatic heterocycles. The molecule has 1 nitrogen and oxygen atoms in total. The Morgan fingerprint density at radius 2 is 2.00 bits per heavy atom. The Bertz CT molecular complexity index is 136. The summed E-state index contributed by atoms with van der Waals surface area (Å²) in [6.45, 7) is 1.63. The average Bonchev–Trinajstić information content (AvgIpc) is 1.85. The number of hydrogen-bond donors (Lipinski definition) is 1. The van der Waals surface area contributed by atoms with E-state index in [1.54, 1.807) is 0 Å². The third kappa shape index (κ3) is 1.38. The van der Waals surface area contributed by atoms with Crippen molar-refractivity contribution in [3.05, 3.63) is 0 Å². The fraction of sp³-hybridized carbons (Fsp3) is 1.00. The quantitative estimate of drug-likeness (QED) is 0.599. The summed E-state index contributed by atoms with van der Waals surface area (Å²) in [5, 5.41) is 3.08. The minimum absolute atomic E-state index is 0. The summed E-state index contributed by atoms with van der Waals surface area (Å²) < 4.78 is 13.2. The van der Waals surface area contributed by atoms with Crippen LogP contribution < -0.4 is 5.32 Å². The first kappa shape index (κ1) is 9.27. The standard InChI is InChI=1S/C8H14FN.ClH/c9-7-6-10-5-4-8(7)2-1-3-8;/h7,10H,1-6H2;1H. The highest BCUT2D eigenvalue weighted by Crippen LogP contribution is 2.48. The molecule has 0 radical (unpaired) electrons. The highest BCUT2D eigenvalue weighted by atomic mass is 35.5. The van der Waals surface area contributed by atoms with Gasteiger partial charge in [-0.1, -0.05) is 6.42 Å². The van der Waals surface area contributed by atoms with Crippen LogP contribution in [0, 0.1) is 5.41 Å². The van der Waals surface area contributed by atoms with Crippen LogP contribution in [-0.4, -0.2) is 19.3 Å². The fourth-order valence-electron chi connectivity index (χ4n) is 2.13. The summed E-state index contributed by atoms with van der Waals surface area (Å²) in [5.41, 5.74) is 0.130. The molecular formula is C8H15ClFN. The number of alkyl halides is 1. The summed E-state index contributed by atoms with van der Waals surface area (Å²) in [5.74, 6) is 0. The van der Waals surface area contributed by atoms with Gasteiger partial charge >= 0.3 is 0 Å². The van der Waals surface area contributed by atoms with E-state index in [4.69, 9.17) is 0 Å². The molecule has 1 N–H and O–H groups in total. The van der Waals surface area contributed by atoms with Crippen molar-refractivity contribution >= 4 is 12.4 Å². The maximum absolute atomic E-state index is 13.2. The number of halogens is 2. The second-order valence-corrected chi connectivity index (χ2v) is 3.64. The van der Waals surface area contributed by atoms with E-state index in [0.29, 0.717) is 6.54 Å². The van der Waals surface area contributed by atoms with Crippen molar-refractivity contribution in [1.29, 1.82) is 0 Å². The van der Waals surface area contributed by atoms with Gasteiger partial charge in [-0.3, -0.25) is 0 Å². The fourth-order valence-corrected chi connectivity index (χ4v) is 2.13. The molecule has 0 bridgehead atoms. The van der Waals surface area contributed by atoms with Crippen LogP contribution in [0.4, 0.5) is 4.39 Å². The minimum Gasteiger partial charge on any atom is -0.314 e.